The van der Waals surface area contributed by atoms with E-state index >= 15 is 0 Å². The summed E-state index contributed by atoms with van der Waals surface area (Å²) >= 11 is 0. The molecule has 0 aliphatic rings. The highest BCUT2D eigenvalue weighted by molar-refractivity contribution is 6.01. The fourth-order valence-corrected chi connectivity index (χ4v) is 1.92. The van der Waals surface area contributed by atoms with Gasteiger partial charge >= 0.3 is 0 Å². The molecule has 1 amide bonds. The van der Waals surface area contributed by atoms with Gasteiger partial charge in [0.2, 0.25) is 0 Å². The average molecular weight is 270 g/mol. The van der Waals surface area contributed by atoms with Crippen LogP contribution in [0.4, 0.5) is 0 Å². The first-order valence-corrected chi connectivity index (χ1v) is 6.97. The van der Waals surface area contributed by atoms with Gasteiger partial charge in [0, 0.05) is 6.54 Å². The lowest BCUT2D eigenvalue weighted by Crippen LogP contribution is -2.25. The summed E-state index contributed by atoms with van der Waals surface area (Å²) < 4.78 is 0. The lowest BCUT2D eigenvalue weighted by Gasteiger charge is -2.07. The number of carbonyl (C=O) groups excluding carboxylic acids is 1. The maximum Gasteiger partial charge on any atom is 0.261 e. The Hall–Kier alpha value is -2.08. The van der Waals surface area contributed by atoms with E-state index in [2.05, 4.69) is 25.2 Å². The van der Waals surface area contributed by atoms with Crippen LogP contribution in [0.5, 0.6) is 0 Å². The van der Waals surface area contributed by atoms with E-state index in [0.29, 0.717) is 6.54 Å². The van der Waals surface area contributed by atoms with Crippen molar-refractivity contribution in [2.45, 2.75) is 40.5 Å². The highest BCUT2D eigenvalue weighted by Crippen LogP contribution is 2.18. The molecule has 0 aromatic heterocycles. The van der Waals surface area contributed by atoms with Crippen molar-refractivity contribution in [1.82, 2.24) is 5.32 Å². The van der Waals surface area contributed by atoms with Gasteiger partial charge in [-0.2, -0.15) is 5.26 Å². The maximum absolute atomic E-state index is 11.9. The molecule has 0 saturated carbocycles. The number of rotatable bonds is 5. The number of unbranched alkanes of at least 4 members (excludes halogenated alkanes) is 1. The summed E-state index contributed by atoms with van der Waals surface area (Å²) in [5.74, 6) is -0.293. The number of aryl methyl sites for hydroxylation is 3. The van der Waals surface area contributed by atoms with Crippen LogP contribution in [0.2, 0.25) is 0 Å². The summed E-state index contributed by atoms with van der Waals surface area (Å²) in [5.41, 5.74) is 4.53. The van der Waals surface area contributed by atoms with Gasteiger partial charge in [0.15, 0.2) is 0 Å². The number of nitrogens with one attached hydrogen (secondary N) is 1. The van der Waals surface area contributed by atoms with Crippen LogP contribution in [-0.4, -0.2) is 12.5 Å². The number of hydrogen-bond donors (Lipinski definition) is 1. The molecule has 0 atom stereocenters. The smallest absolute Gasteiger partial charge is 0.261 e. The van der Waals surface area contributed by atoms with E-state index in [4.69, 9.17) is 5.26 Å². The van der Waals surface area contributed by atoms with Crippen LogP contribution in [-0.2, 0) is 4.79 Å². The van der Waals surface area contributed by atoms with E-state index in [1.165, 1.54) is 5.56 Å². The predicted molar refractivity (Wildman–Crippen MR) is 82.2 cm³/mol. The minimum atomic E-state index is -0.293. The Balaban J connectivity index is 2.98. The third kappa shape index (κ3) is 4.24. The fraction of sp³-hybridized carbons (Fsp3) is 0.412. The number of carbonyl (C=O) groups is 1. The molecule has 20 heavy (non-hydrogen) atoms. The van der Waals surface area contributed by atoms with E-state index in [-0.39, 0.29) is 11.5 Å². The van der Waals surface area contributed by atoms with E-state index < -0.39 is 0 Å². The van der Waals surface area contributed by atoms with Crippen molar-refractivity contribution >= 4 is 12.0 Å². The van der Waals surface area contributed by atoms with E-state index in [1.807, 2.05) is 26.0 Å². The third-order valence-corrected chi connectivity index (χ3v) is 3.36. The van der Waals surface area contributed by atoms with Gasteiger partial charge in [0.25, 0.3) is 5.91 Å². The second-order valence-corrected chi connectivity index (χ2v) is 5.07. The van der Waals surface area contributed by atoms with E-state index in [1.54, 1.807) is 6.08 Å². The van der Waals surface area contributed by atoms with Gasteiger partial charge in [-0.05, 0) is 55.5 Å². The molecule has 0 spiro atoms. The van der Waals surface area contributed by atoms with Crippen LogP contribution in [0.1, 0.15) is 42.0 Å². The predicted octanol–water partition coefficient (Wildman–Crippen LogP) is 3.44. The molecule has 3 heteroatoms. The molecule has 0 bridgehead atoms. The molecule has 0 radical (unpaired) electrons. The van der Waals surface area contributed by atoms with Crippen LogP contribution in [0, 0.1) is 32.1 Å². The molecule has 0 fully saturated rings. The van der Waals surface area contributed by atoms with Crippen molar-refractivity contribution in [2.75, 3.05) is 6.54 Å². The van der Waals surface area contributed by atoms with Crippen molar-refractivity contribution in [2.24, 2.45) is 0 Å². The zero-order chi connectivity index (χ0) is 15.1. The Morgan fingerprint density at radius 2 is 1.90 bits per heavy atom. The molecule has 0 saturated heterocycles. The Morgan fingerprint density at radius 1 is 1.25 bits per heavy atom. The second-order valence-electron chi connectivity index (χ2n) is 5.07. The second kappa shape index (κ2) is 7.49. The van der Waals surface area contributed by atoms with Gasteiger partial charge in [0.1, 0.15) is 11.6 Å². The zero-order valence-electron chi connectivity index (χ0n) is 12.7. The van der Waals surface area contributed by atoms with Gasteiger partial charge in [0.05, 0.1) is 0 Å². The van der Waals surface area contributed by atoms with Gasteiger partial charge in [-0.3, -0.25) is 4.79 Å². The quantitative estimate of drug-likeness (QED) is 0.506. The molecule has 1 N–H and O–H groups in total. The number of nitrogens with zero attached hydrogens (tertiary/aromatic N) is 1. The summed E-state index contributed by atoms with van der Waals surface area (Å²) in [5, 5.41) is 11.9. The van der Waals surface area contributed by atoms with Crippen molar-refractivity contribution in [3.63, 3.8) is 0 Å². The largest absolute Gasteiger partial charge is 0.351 e. The number of hydrogen-bond acceptors (Lipinski definition) is 2. The van der Waals surface area contributed by atoms with Crippen LogP contribution in [0.3, 0.4) is 0 Å². The third-order valence-electron chi connectivity index (χ3n) is 3.36. The molecule has 0 aliphatic carbocycles. The normalized spacial score (nSPS) is 11.1. The van der Waals surface area contributed by atoms with E-state index in [0.717, 1.165) is 29.5 Å². The molecule has 0 heterocycles. The number of amides is 1. The first-order chi connectivity index (χ1) is 9.49. The van der Waals surface area contributed by atoms with Gasteiger partial charge in [-0.25, -0.2) is 0 Å². The monoisotopic (exact) mass is 270 g/mol. The minimum Gasteiger partial charge on any atom is -0.351 e. The molecule has 1 aromatic rings. The zero-order valence-corrected chi connectivity index (χ0v) is 12.7. The molecule has 1 aromatic carbocycles. The molecule has 0 unspecified atom stereocenters. The summed E-state index contributed by atoms with van der Waals surface area (Å²) in [6.45, 7) is 8.74. The summed E-state index contributed by atoms with van der Waals surface area (Å²) in [6.07, 6.45) is 3.61. The van der Waals surface area contributed by atoms with Crippen molar-refractivity contribution < 1.29 is 4.79 Å². The Kier molecular flexibility index (Phi) is 5.99. The highest BCUT2D eigenvalue weighted by Gasteiger charge is 2.09. The van der Waals surface area contributed by atoms with Crippen LogP contribution in [0.15, 0.2) is 17.7 Å². The summed E-state index contributed by atoms with van der Waals surface area (Å²) in [7, 11) is 0. The van der Waals surface area contributed by atoms with Gasteiger partial charge < -0.3 is 5.32 Å². The SMILES string of the molecule is CCCCNC(=O)C(C#N)=Cc1cc(C)c(C)cc1C. The van der Waals surface area contributed by atoms with Gasteiger partial charge in [-0.1, -0.05) is 25.5 Å². The Bertz CT molecular complexity index is 565. The van der Waals surface area contributed by atoms with Crippen molar-refractivity contribution in [1.29, 1.82) is 5.26 Å². The molecule has 3 nitrogen and oxygen atoms in total. The Labute approximate surface area is 121 Å². The van der Waals surface area contributed by atoms with Gasteiger partial charge in [-0.15, -0.1) is 0 Å². The molecule has 106 valence electrons. The first kappa shape index (κ1) is 16.0. The lowest BCUT2D eigenvalue weighted by atomic mass is 9.99. The topological polar surface area (TPSA) is 52.9 Å². The fourth-order valence-electron chi connectivity index (χ4n) is 1.92. The summed E-state index contributed by atoms with van der Waals surface area (Å²) in [6, 6.07) is 6.08. The number of benzene rings is 1. The van der Waals surface area contributed by atoms with E-state index in [9.17, 15) is 4.79 Å². The van der Waals surface area contributed by atoms with Crippen LogP contribution in [0.25, 0.3) is 6.08 Å². The van der Waals surface area contributed by atoms with Crippen molar-refractivity contribution in [3.05, 3.63) is 40.0 Å². The maximum atomic E-state index is 11.9. The number of nitriles is 1. The molecular weight excluding hydrogens is 248 g/mol. The van der Waals surface area contributed by atoms with Crippen molar-refractivity contribution in [3.8, 4) is 6.07 Å². The molecule has 0 aliphatic heterocycles. The highest BCUT2D eigenvalue weighted by atomic mass is 16.1. The first-order valence-electron chi connectivity index (χ1n) is 6.97. The molecule has 1 rings (SSSR count). The van der Waals surface area contributed by atoms with Crippen LogP contribution < -0.4 is 5.32 Å². The summed E-state index contributed by atoms with van der Waals surface area (Å²) in [4.78, 5) is 11.9. The average Bonchev–Trinajstić information content (AvgIpc) is 2.41. The minimum absolute atomic E-state index is 0.160. The van der Waals surface area contributed by atoms with Crippen LogP contribution >= 0.6 is 0 Å². The Morgan fingerprint density at radius 3 is 2.50 bits per heavy atom. The standard InChI is InChI=1S/C17H22N2O/c1-5-6-7-19-17(20)16(11-18)10-15-9-13(3)12(2)8-14(15)4/h8-10H,5-7H2,1-4H3,(H,19,20). The lowest BCUT2D eigenvalue weighted by molar-refractivity contribution is -0.117. The molecular formula is C17H22N2O.